The van der Waals surface area contributed by atoms with Gasteiger partial charge in [0.15, 0.2) is 0 Å². The second-order valence-corrected chi connectivity index (χ2v) is 1.94. The molecule has 0 radical (unpaired) electrons. The minimum Gasteiger partial charge on any atom is -0.634 e. The second-order valence-electron chi connectivity index (χ2n) is 1.94. The maximum Gasteiger partial charge on any atom is 0.108 e. The average Bonchev–Trinajstić information content (AvgIpc) is 1.87. The molecule has 1 fully saturated rings. The van der Waals surface area contributed by atoms with E-state index in [1.54, 1.807) is 0 Å². The van der Waals surface area contributed by atoms with Gasteiger partial charge in [-0.2, -0.15) is 0 Å². The molecule has 2 unspecified atom stereocenters. The minimum atomic E-state index is -0.326. The number of aliphatic hydroxyl groups excluding tert-OH is 1. The van der Waals surface area contributed by atoms with Crippen molar-refractivity contribution in [2.24, 2.45) is 0 Å². The Kier molecular flexibility index (Phi) is 1.27. The van der Waals surface area contributed by atoms with Crippen LogP contribution in [0.4, 0.5) is 0 Å². The fraction of sp³-hybridized carbons (Fsp3) is 1.00. The zero-order valence-electron chi connectivity index (χ0n) is 4.05. The molecule has 1 saturated heterocycles. The van der Waals surface area contributed by atoms with Gasteiger partial charge in [-0.1, -0.05) is 0 Å². The zero-order valence-corrected chi connectivity index (χ0v) is 4.05. The first-order valence-corrected chi connectivity index (χ1v) is 2.49. The number of quaternary nitrogens is 1. The van der Waals surface area contributed by atoms with Crippen molar-refractivity contribution >= 4 is 0 Å². The molecular formula is C4H9NO2. The Hall–Kier alpha value is -0.120. The number of hydrogen-bond acceptors (Lipinski definition) is 2. The van der Waals surface area contributed by atoms with Crippen LogP contribution in [0.15, 0.2) is 0 Å². The summed E-state index contributed by atoms with van der Waals surface area (Å²) in [6.07, 6.45) is 0.353. The highest BCUT2D eigenvalue weighted by Gasteiger charge is 2.16. The first-order valence-electron chi connectivity index (χ1n) is 2.49. The third kappa shape index (κ3) is 1.12. The maximum absolute atomic E-state index is 10.3. The summed E-state index contributed by atoms with van der Waals surface area (Å²) in [4.78, 5) is 0. The van der Waals surface area contributed by atoms with E-state index in [0.717, 1.165) is 0 Å². The number of aliphatic hydroxyl groups is 1. The summed E-state index contributed by atoms with van der Waals surface area (Å²) in [6.45, 7) is 0.973. The molecule has 0 amide bonds. The summed E-state index contributed by atoms with van der Waals surface area (Å²) in [5.41, 5.74) is 0. The highest BCUT2D eigenvalue weighted by atomic mass is 16.5. The van der Waals surface area contributed by atoms with E-state index in [-0.39, 0.29) is 11.2 Å². The molecule has 1 aliphatic heterocycles. The fourth-order valence-corrected chi connectivity index (χ4v) is 0.795. The predicted octanol–water partition coefficient (Wildman–Crippen LogP) is -1.87. The highest BCUT2D eigenvalue weighted by Crippen LogP contribution is 1.88. The van der Waals surface area contributed by atoms with Crippen LogP contribution in [0.5, 0.6) is 0 Å². The van der Waals surface area contributed by atoms with E-state index in [2.05, 4.69) is 0 Å². The first-order chi connectivity index (χ1) is 3.29. The molecule has 0 saturated carbocycles. The summed E-state index contributed by atoms with van der Waals surface area (Å²) in [7, 11) is 0. The van der Waals surface area contributed by atoms with Gasteiger partial charge in [-0.05, 0) is 0 Å². The molecule has 2 N–H and O–H groups in total. The molecule has 0 aromatic rings. The van der Waals surface area contributed by atoms with Crippen LogP contribution in [0, 0.1) is 5.21 Å². The third-order valence-electron chi connectivity index (χ3n) is 1.22. The molecule has 0 aromatic heterocycles. The number of rotatable bonds is 0. The maximum atomic E-state index is 10.3. The lowest BCUT2D eigenvalue weighted by Gasteiger charge is -2.12. The normalized spacial score (nSPS) is 42.0. The van der Waals surface area contributed by atoms with Gasteiger partial charge in [0.1, 0.15) is 12.6 Å². The van der Waals surface area contributed by atoms with Gasteiger partial charge in [-0.15, -0.1) is 0 Å². The topological polar surface area (TPSA) is 47.7 Å². The second kappa shape index (κ2) is 1.78. The van der Waals surface area contributed by atoms with Crippen molar-refractivity contribution in [3.8, 4) is 0 Å². The van der Waals surface area contributed by atoms with Gasteiger partial charge < -0.3 is 15.4 Å². The number of hydrogen-bond donors (Lipinski definition) is 2. The smallest absolute Gasteiger partial charge is 0.108 e. The summed E-state index contributed by atoms with van der Waals surface area (Å²) in [5.74, 6) is 0. The molecule has 1 aliphatic rings. The Morgan fingerprint density at radius 3 is 2.57 bits per heavy atom. The standard InChI is InChI=1S/C4H9NO2/c6-4-1-2-5(7)3-4/h4-6H,1-3H2. The van der Waals surface area contributed by atoms with Crippen LogP contribution >= 0.6 is 0 Å². The summed E-state index contributed by atoms with van der Waals surface area (Å²) >= 11 is 0. The van der Waals surface area contributed by atoms with Crippen molar-refractivity contribution in [2.45, 2.75) is 12.5 Å². The average molecular weight is 103 g/mol. The Morgan fingerprint density at radius 1 is 1.71 bits per heavy atom. The molecule has 0 aliphatic carbocycles. The van der Waals surface area contributed by atoms with E-state index < -0.39 is 0 Å². The zero-order chi connectivity index (χ0) is 5.28. The molecule has 1 rings (SSSR count). The van der Waals surface area contributed by atoms with E-state index >= 15 is 0 Å². The van der Waals surface area contributed by atoms with Crippen LogP contribution in [0.25, 0.3) is 0 Å². The number of nitrogens with one attached hydrogen (secondary N) is 1. The Morgan fingerprint density at radius 2 is 2.43 bits per heavy atom. The van der Waals surface area contributed by atoms with Crippen molar-refractivity contribution in [1.82, 2.24) is 0 Å². The Labute approximate surface area is 42.1 Å². The molecule has 1 heterocycles. The van der Waals surface area contributed by atoms with E-state index in [0.29, 0.717) is 19.5 Å². The molecule has 0 spiro atoms. The van der Waals surface area contributed by atoms with Gasteiger partial charge >= 0.3 is 0 Å². The first kappa shape index (κ1) is 5.03. The van der Waals surface area contributed by atoms with Crippen LogP contribution in [-0.2, 0) is 0 Å². The van der Waals surface area contributed by atoms with Crippen LogP contribution in [0.2, 0.25) is 0 Å². The third-order valence-corrected chi connectivity index (χ3v) is 1.22. The van der Waals surface area contributed by atoms with E-state index in [9.17, 15) is 5.21 Å². The van der Waals surface area contributed by atoms with Gasteiger partial charge in [0.05, 0.1) is 6.54 Å². The van der Waals surface area contributed by atoms with Gasteiger partial charge in [-0.25, -0.2) is 0 Å². The van der Waals surface area contributed by atoms with Crippen molar-refractivity contribution in [3.05, 3.63) is 5.21 Å². The van der Waals surface area contributed by atoms with Gasteiger partial charge in [0.2, 0.25) is 0 Å². The van der Waals surface area contributed by atoms with Crippen molar-refractivity contribution in [3.63, 3.8) is 0 Å². The highest BCUT2D eigenvalue weighted by molar-refractivity contribution is 4.57. The van der Waals surface area contributed by atoms with Crippen molar-refractivity contribution < 1.29 is 10.2 Å². The minimum absolute atomic E-state index is 0.201. The van der Waals surface area contributed by atoms with E-state index in [4.69, 9.17) is 5.11 Å². The van der Waals surface area contributed by atoms with Gasteiger partial charge in [0.25, 0.3) is 0 Å². The molecule has 2 atom stereocenters. The molecule has 0 bridgehead atoms. The fourth-order valence-electron chi connectivity index (χ4n) is 0.795. The summed E-state index contributed by atoms with van der Waals surface area (Å²) in [6, 6.07) is 0. The largest absolute Gasteiger partial charge is 0.634 e. The van der Waals surface area contributed by atoms with Gasteiger partial charge in [0, 0.05) is 6.42 Å². The molecule has 42 valence electrons. The van der Waals surface area contributed by atoms with Crippen LogP contribution in [0.3, 0.4) is 0 Å². The van der Waals surface area contributed by atoms with Crippen molar-refractivity contribution in [1.29, 1.82) is 0 Å². The Balaban J connectivity index is 2.26. The Bertz CT molecular complexity index is 58.7. The van der Waals surface area contributed by atoms with E-state index in [1.807, 2.05) is 0 Å². The van der Waals surface area contributed by atoms with Crippen molar-refractivity contribution in [2.75, 3.05) is 13.1 Å². The molecule has 3 nitrogen and oxygen atoms in total. The van der Waals surface area contributed by atoms with Gasteiger partial charge in [-0.3, -0.25) is 0 Å². The monoisotopic (exact) mass is 103 g/mol. The van der Waals surface area contributed by atoms with E-state index in [1.165, 1.54) is 0 Å². The van der Waals surface area contributed by atoms with Crippen LogP contribution in [0.1, 0.15) is 6.42 Å². The lowest BCUT2D eigenvalue weighted by atomic mass is 10.3. The van der Waals surface area contributed by atoms with Crippen LogP contribution < -0.4 is 5.06 Å². The van der Waals surface area contributed by atoms with Crippen LogP contribution in [-0.4, -0.2) is 24.3 Å². The molecular weight excluding hydrogens is 94.0 g/mol. The predicted molar refractivity (Wildman–Crippen MR) is 24.7 cm³/mol. The summed E-state index contributed by atoms with van der Waals surface area (Å²) in [5, 5.41) is 19.2. The lowest BCUT2D eigenvalue weighted by Crippen LogP contribution is -3.05. The molecule has 7 heavy (non-hydrogen) atoms. The SMILES string of the molecule is [O-][NH+]1CCC(O)C1. The summed E-state index contributed by atoms with van der Waals surface area (Å²) < 4.78 is 0. The number of hydroxylamine groups is 2. The lowest BCUT2D eigenvalue weighted by molar-refractivity contribution is -0.835. The molecule has 0 aromatic carbocycles. The quantitative estimate of drug-likeness (QED) is 0.353. The molecule has 3 heteroatoms.